The summed E-state index contributed by atoms with van der Waals surface area (Å²) in [7, 11) is 0. The van der Waals surface area contributed by atoms with Crippen LogP contribution in [0.5, 0.6) is 5.75 Å². The lowest BCUT2D eigenvalue weighted by atomic mass is 10.1. The molecule has 0 atom stereocenters. The van der Waals surface area contributed by atoms with E-state index in [1.54, 1.807) is 24.3 Å². The molecule has 0 bridgehead atoms. The third-order valence-corrected chi connectivity index (χ3v) is 3.74. The molecule has 2 rings (SSSR count). The Bertz CT molecular complexity index is 728. The Labute approximate surface area is 140 Å². The van der Waals surface area contributed by atoms with Gasteiger partial charge in [-0.25, -0.2) is 0 Å². The molecule has 4 nitrogen and oxygen atoms in total. The molecule has 1 amide bonds. The van der Waals surface area contributed by atoms with Gasteiger partial charge in [0.2, 0.25) is 0 Å². The summed E-state index contributed by atoms with van der Waals surface area (Å²) in [6.45, 7) is 3.69. The Morgan fingerprint density at radius 3 is 2.61 bits per heavy atom. The van der Waals surface area contributed by atoms with Crippen LogP contribution in [-0.2, 0) is 4.79 Å². The summed E-state index contributed by atoms with van der Waals surface area (Å²) < 4.78 is 5.49. The Hall–Kier alpha value is -2.33. The molecule has 5 heteroatoms. The Morgan fingerprint density at radius 2 is 1.87 bits per heavy atom. The number of halogens is 1. The maximum atomic E-state index is 12.0. The number of carbonyl (C=O) groups excluding carboxylic acids is 2. The maximum absolute atomic E-state index is 12.0. The van der Waals surface area contributed by atoms with Crippen LogP contribution in [0.3, 0.4) is 0 Å². The molecule has 2 aromatic rings. The molecule has 120 valence electrons. The Balaban J connectivity index is 1.83. The molecule has 0 aromatic heterocycles. The second-order valence-electron chi connectivity index (χ2n) is 5.20. The van der Waals surface area contributed by atoms with E-state index in [1.807, 2.05) is 32.0 Å². The van der Waals surface area contributed by atoms with Crippen LogP contribution >= 0.6 is 11.6 Å². The quantitative estimate of drug-likeness (QED) is 0.826. The van der Waals surface area contributed by atoms with Gasteiger partial charge in [-0.05, 0) is 43.2 Å². The third kappa shape index (κ3) is 4.83. The number of nitrogens with one attached hydrogen (secondary N) is 1. The van der Waals surface area contributed by atoms with Crippen LogP contribution in [-0.4, -0.2) is 24.8 Å². The molecule has 0 unspecified atom stereocenters. The van der Waals surface area contributed by atoms with Crippen molar-refractivity contribution in [2.75, 3.05) is 13.2 Å². The normalized spacial score (nSPS) is 10.2. The van der Waals surface area contributed by atoms with E-state index in [4.69, 9.17) is 16.3 Å². The number of hydrogen-bond donors (Lipinski definition) is 1. The van der Waals surface area contributed by atoms with Crippen LogP contribution in [0.25, 0.3) is 0 Å². The van der Waals surface area contributed by atoms with E-state index in [-0.39, 0.29) is 24.8 Å². The van der Waals surface area contributed by atoms with Crippen molar-refractivity contribution in [3.05, 3.63) is 64.2 Å². The smallest absolute Gasteiger partial charge is 0.258 e. The highest BCUT2D eigenvalue weighted by Crippen LogP contribution is 2.20. The standard InChI is InChI=1S/C18H18ClNO3/c1-12-5-3-8-17(13(12)2)23-11-18(22)20-10-16(21)14-6-4-7-15(19)9-14/h3-9H,10-11H2,1-2H3,(H,20,22). The van der Waals surface area contributed by atoms with Crippen molar-refractivity contribution in [2.24, 2.45) is 0 Å². The zero-order chi connectivity index (χ0) is 16.8. The van der Waals surface area contributed by atoms with Crippen LogP contribution in [0.2, 0.25) is 5.02 Å². The van der Waals surface area contributed by atoms with Crippen LogP contribution in [0, 0.1) is 13.8 Å². The van der Waals surface area contributed by atoms with Gasteiger partial charge in [0.1, 0.15) is 5.75 Å². The van der Waals surface area contributed by atoms with E-state index in [9.17, 15) is 9.59 Å². The second kappa shape index (κ2) is 7.79. The number of rotatable bonds is 6. The molecular weight excluding hydrogens is 314 g/mol. The maximum Gasteiger partial charge on any atom is 0.258 e. The van der Waals surface area contributed by atoms with E-state index in [2.05, 4.69) is 5.32 Å². The minimum atomic E-state index is -0.346. The molecule has 0 aliphatic rings. The van der Waals surface area contributed by atoms with Gasteiger partial charge in [0.15, 0.2) is 12.4 Å². The fraction of sp³-hybridized carbons (Fsp3) is 0.222. The van der Waals surface area contributed by atoms with Gasteiger partial charge in [0.05, 0.1) is 6.54 Å². The van der Waals surface area contributed by atoms with Gasteiger partial charge in [0, 0.05) is 10.6 Å². The number of ether oxygens (including phenoxy) is 1. The third-order valence-electron chi connectivity index (χ3n) is 3.51. The first-order chi connectivity index (χ1) is 11.0. The first-order valence-electron chi connectivity index (χ1n) is 7.22. The van der Waals surface area contributed by atoms with Gasteiger partial charge in [0.25, 0.3) is 5.91 Å². The lowest BCUT2D eigenvalue weighted by Crippen LogP contribution is -2.33. The van der Waals surface area contributed by atoms with E-state index >= 15 is 0 Å². The lowest BCUT2D eigenvalue weighted by Gasteiger charge is -2.11. The van der Waals surface area contributed by atoms with Gasteiger partial charge >= 0.3 is 0 Å². The summed E-state index contributed by atoms with van der Waals surface area (Å²) in [5.74, 6) is 0.121. The number of Topliss-reactive ketones (excluding diaryl/α,β-unsaturated/α-hetero) is 1. The van der Waals surface area contributed by atoms with Crippen LogP contribution in [0.1, 0.15) is 21.5 Å². The van der Waals surface area contributed by atoms with E-state index < -0.39 is 0 Å². The van der Waals surface area contributed by atoms with Crippen molar-refractivity contribution in [2.45, 2.75) is 13.8 Å². The molecule has 0 heterocycles. The van der Waals surface area contributed by atoms with E-state index in [0.29, 0.717) is 16.3 Å². The summed E-state index contributed by atoms with van der Waals surface area (Å²) in [4.78, 5) is 23.8. The van der Waals surface area contributed by atoms with Gasteiger partial charge in [-0.1, -0.05) is 35.9 Å². The summed E-state index contributed by atoms with van der Waals surface area (Å²) in [6, 6.07) is 12.3. The Morgan fingerprint density at radius 1 is 1.13 bits per heavy atom. The number of amides is 1. The Kier molecular flexibility index (Phi) is 5.77. The molecule has 0 aliphatic carbocycles. The summed E-state index contributed by atoms with van der Waals surface area (Å²) in [5, 5.41) is 3.03. The number of benzene rings is 2. The van der Waals surface area contributed by atoms with Crippen molar-refractivity contribution in [1.82, 2.24) is 5.32 Å². The van der Waals surface area contributed by atoms with Crippen molar-refractivity contribution < 1.29 is 14.3 Å². The average Bonchev–Trinajstić information content (AvgIpc) is 2.54. The second-order valence-corrected chi connectivity index (χ2v) is 5.63. The lowest BCUT2D eigenvalue weighted by molar-refractivity contribution is -0.122. The average molecular weight is 332 g/mol. The highest BCUT2D eigenvalue weighted by molar-refractivity contribution is 6.31. The molecule has 0 saturated carbocycles. The molecule has 0 aliphatic heterocycles. The van der Waals surface area contributed by atoms with Gasteiger partial charge in [-0.15, -0.1) is 0 Å². The highest BCUT2D eigenvalue weighted by atomic mass is 35.5. The molecule has 2 aromatic carbocycles. The topological polar surface area (TPSA) is 55.4 Å². The van der Waals surface area contributed by atoms with Crippen molar-refractivity contribution >= 4 is 23.3 Å². The highest BCUT2D eigenvalue weighted by Gasteiger charge is 2.10. The number of ketones is 1. The molecule has 23 heavy (non-hydrogen) atoms. The largest absolute Gasteiger partial charge is 0.483 e. The summed E-state index contributed by atoms with van der Waals surface area (Å²) in [5.41, 5.74) is 2.56. The van der Waals surface area contributed by atoms with Crippen molar-refractivity contribution in [3.8, 4) is 5.75 Å². The first-order valence-corrected chi connectivity index (χ1v) is 7.59. The van der Waals surface area contributed by atoms with Gasteiger partial charge in [-0.2, -0.15) is 0 Å². The fourth-order valence-corrected chi connectivity index (χ4v) is 2.21. The monoisotopic (exact) mass is 331 g/mol. The first kappa shape index (κ1) is 17.0. The number of hydrogen-bond acceptors (Lipinski definition) is 3. The van der Waals surface area contributed by atoms with Crippen LogP contribution in [0.4, 0.5) is 0 Å². The summed E-state index contributed by atoms with van der Waals surface area (Å²) >= 11 is 5.84. The molecule has 1 N–H and O–H groups in total. The predicted molar refractivity (Wildman–Crippen MR) is 90.2 cm³/mol. The molecule has 0 fully saturated rings. The molecule has 0 spiro atoms. The summed E-state index contributed by atoms with van der Waals surface area (Å²) in [6.07, 6.45) is 0. The number of carbonyl (C=O) groups is 2. The van der Waals surface area contributed by atoms with Crippen LogP contribution < -0.4 is 10.1 Å². The predicted octanol–water partition coefficient (Wildman–Crippen LogP) is 3.33. The van der Waals surface area contributed by atoms with Crippen molar-refractivity contribution in [3.63, 3.8) is 0 Å². The fourth-order valence-electron chi connectivity index (χ4n) is 2.02. The van der Waals surface area contributed by atoms with Crippen LogP contribution in [0.15, 0.2) is 42.5 Å². The molecular formula is C18H18ClNO3. The van der Waals surface area contributed by atoms with Crippen molar-refractivity contribution in [1.29, 1.82) is 0 Å². The van der Waals surface area contributed by atoms with E-state index in [0.717, 1.165) is 11.1 Å². The molecule has 0 saturated heterocycles. The van der Waals surface area contributed by atoms with Gasteiger partial charge in [-0.3, -0.25) is 9.59 Å². The minimum absolute atomic E-state index is 0.0880. The number of aryl methyl sites for hydroxylation is 1. The van der Waals surface area contributed by atoms with E-state index in [1.165, 1.54) is 0 Å². The zero-order valence-electron chi connectivity index (χ0n) is 13.1. The zero-order valence-corrected chi connectivity index (χ0v) is 13.8. The van der Waals surface area contributed by atoms with Gasteiger partial charge < -0.3 is 10.1 Å². The SMILES string of the molecule is Cc1cccc(OCC(=O)NCC(=O)c2cccc(Cl)c2)c1C. The minimum Gasteiger partial charge on any atom is -0.483 e. The molecule has 0 radical (unpaired) electrons.